The molecule has 0 saturated heterocycles. The van der Waals surface area contributed by atoms with Crippen LogP contribution in [-0.2, 0) is 6.54 Å². The minimum Gasteiger partial charge on any atom is -0.329 e. The van der Waals surface area contributed by atoms with Crippen molar-refractivity contribution in [3.8, 4) is 0 Å². The molecule has 0 radical (unpaired) electrons. The van der Waals surface area contributed by atoms with Crippen LogP contribution in [-0.4, -0.2) is 18.5 Å². The van der Waals surface area contributed by atoms with E-state index in [1.54, 1.807) is 23.5 Å². The standard InChI is InChI=1S/C15H17BrF2N2S/c1-20(8-13-6-12(16)9-21-13)14(7-19)10-3-2-4-11(5-10)15(17)18/h2-6,9,14-15H,7-8,19H2,1H3. The van der Waals surface area contributed by atoms with Crippen molar-refractivity contribution >= 4 is 27.3 Å². The molecule has 1 unspecified atom stereocenters. The van der Waals surface area contributed by atoms with E-state index in [0.29, 0.717) is 6.54 Å². The Bertz CT molecular complexity index is 589. The van der Waals surface area contributed by atoms with Crippen molar-refractivity contribution in [1.29, 1.82) is 0 Å². The van der Waals surface area contributed by atoms with E-state index >= 15 is 0 Å². The summed E-state index contributed by atoms with van der Waals surface area (Å²) in [7, 11) is 1.96. The van der Waals surface area contributed by atoms with Crippen molar-refractivity contribution in [2.75, 3.05) is 13.6 Å². The first-order chi connectivity index (χ1) is 10.0. The van der Waals surface area contributed by atoms with Crippen LogP contribution in [0.4, 0.5) is 8.78 Å². The van der Waals surface area contributed by atoms with Gasteiger partial charge in [0.1, 0.15) is 0 Å². The minimum absolute atomic E-state index is 0.0400. The van der Waals surface area contributed by atoms with Gasteiger partial charge in [-0.2, -0.15) is 0 Å². The van der Waals surface area contributed by atoms with E-state index in [1.165, 1.54) is 10.9 Å². The molecule has 114 valence electrons. The molecule has 0 fully saturated rings. The van der Waals surface area contributed by atoms with E-state index in [-0.39, 0.29) is 11.6 Å². The Kier molecular flexibility index (Phi) is 5.87. The van der Waals surface area contributed by atoms with Crippen molar-refractivity contribution < 1.29 is 8.78 Å². The number of likely N-dealkylation sites (N-methyl/N-ethyl adjacent to an activating group) is 1. The predicted molar refractivity (Wildman–Crippen MR) is 86.7 cm³/mol. The molecule has 2 N–H and O–H groups in total. The maximum Gasteiger partial charge on any atom is 0.263 e. The van der Waals surface area contributed by atoms with E-state index in [4.69, 9.17) is 5.73 Å². The van der Waals surface area contributed by atoms with Gasteiger partial charge in [-0.15, -0.1) is 11.3 Å². The van der Waals surface area contributed by atoms with Gasteiger partial charge in [0.2, 0.25) is 0 Å². The molecule has 1 aromatic heterocycles. The summed E-state index contributed by atoms with van der Waals surface area (Å²) in [6.45, 7) is 1.12. The van der Waals surface area contributed by atoms with E-state index in [9.17, 15) is 8.78 Å². The second kappa shape index (κ2) is 7.45. The van der Waals surface area contributed by atoms with Crippen LogP contribution < -0.4 is 5.73 Å². The number of rotatable bonds is 6. The summed E-state index contributed by atoms with van der Waals surface area (Å²) < 4.78 is 26.7. The lowest BCUT2D eigenvalue weighted by Gasteiger charge is -2.27. The third-order valence-corrected chi connectivity index (χ3v) is 5.01. The zero-order valence-corrected chi connectivity index (χ0v) is 14.0. The molecule has 0 amide bonds. The van der Waals surface area contributed by atoms with Gasteiger partial charge in [0, 0.05) is 39.4 Å². The quantitative estimate of drug-likeness (QED) is 0.801. The SMILES string of the molecule is CN(Cc1cc(Br)cs1)C(CN)c1cccc(C(F)F)c1. The summed E-state index contributed by atoms with van der Waals surface area (Å²) in [6, 6.07) is 8.48. The maximum atomic E-state index is 12.8. The monoisotopic (exact) mass is 374 g/mol. The fourth-order valence-electron chi connectivity index (χ4n) is 2.27. The smallest absolute Gasteiger partial charge is 0.263 e. The summed E-state index contributed by atoms with van der Waals surface area (Å²) in [4.78, 5) is 3.29. The summed E-state index contributed by atoms with van der Waals surface area (Å²) in [5.74, 6) is 0. The Balaban J connectivity index is 2.16. The molecule has 0 aliphatic heterocycles. The van der Waals surface area contributed by atoms with Gasteiger partial charge in [-0.3, -0.25) is 4.90 Å². The topological polar surface area (TPSA) is 29.3 Å². The highest BCUT2D eigenvalue weighted by Gasteiger charge is 2.18. The Morgan fingerprint density at radius 1 is 1.29 bits per heavy atom. The molecule has 2 rings (SSSR count). The van der Waals surface area contributed by atoms with Crippen LogP contribution in [0.3, 0.4) is 0 Å². The molecule has 0 bridgehead atoms. The molecule has 0 saturated carbocycles. The third kappa shape index (κ3) is 4.32. The highest BCUT2D eigenvalue weighted by Crippen LogP contribution is 2.27. The van der Waals surface area contributed by atoms with Crippen LogP contribution in [0, 0.1) is 0 Å². The minimum atomic E-state index is -2.46. The van der Waals surface area contributed by atoms with Crippen LogP contribution in [0.15, 0.2) is 40.2 Å². The first kappa shape index (κ1) is 16.5. The Labute approximate surface area is 135 Å². The average molecular weight is 375 g/mol. The molecule has 1 aromatic carbocycles. The molecule has 2 nitrogen and oxygen atoms in total. The van der Waals surface area contributed by atoms with Crippen LogP contribution in [0.5, 0.6) is 0 Å². The molecule has 0 aliphatic rings. The van der Waals surface area contributed by atoms with Crippen LogP contribution in [0.1, 0.15) is 28.5 Å². The number of hydrogen-bond donors (Lipinski definition) is 1. The molecule has 21 heavy (non-hydrogen) atoms. The second-order valence-corrected chi connectivity index (χ2v) is 6.78. The Morgan fingerprint density at radius 3 is 2.57 bits per heavy atom. The Hall–Kier alpha value is -0.820. The zero-order valence-electron chi connectivity index (χ0n) is 11.6. The predicted octanol–water partition coefficient (Wildman–Crippen LogP) is 4.58. The molecular weight excluding hydrogens is 358 g/mol. The van der Waals surface area contributed by atoms with Crippen molar-refractivity contribution in [1.82, 2.24) is 4.90 Å². The van der Waals surface area contributed by atoms with Crippen molar-refractivity contribution in [2.45, 2.75) is 19.0 Å². The molecular formula is C15H17BrF2N2S. The van der Waals surface area contributed by atoms with Gasteiger partial charge < -0.3 is 5.73 Å². The lowest BCUT2D eigenvalue weighted by Crippen LogP contribution is -2.30. The highest BCUT2D eigenvalue weighted by atomic mass is 79.9. The van der Waals surface area contributed by atoms with Crippen molar-refractivity contribution in [3.63, 3.8) is 0 Å². The van der Waals surface area contributed by atoms with Crippen molar-refractivity contribution in [3.05, 3.63) is 56.2 Å². The van der Waals surface area contributed by atoms with Crippen LogP contribution in [0.2, 0.25) is 0 Å². The molecule has 6 heteroatoms. The van der Waals surface area contributed by atoms with Crippen LogP contribution >= 0.6 is 27.3 Å². The first-order valence-corrected chi connectivity index (χ1v) is 8.19. The van der Waals surface area contributed by atoms with Gasteiger partial charge in [0.25, 0.3) is 6.43 Å². The highest BCUT2D eigenvalue weighted by molar-refractivity contribution is 9.10. The van der Waals surface area contributed by atoms with Gasteiger partial charge >= 0.3 is 0 Å². The lowest BCUT2D eigenvalue weighted by atomic mass is 10.0. The number of hydrogen-bond acceptors (Lipinski definition) is 3. The molecule has 0 aliphatic carbocycles. The van der Waals surface area contributed by atoms with Gasteiger partial charge in [0.15, 0.2) is 0 Å². The van der Waals surface area contributed by atoms with Gasteiger partial charge in [-0.1, -0.05) is 18.2 Å². The summed E-state index contributed by atoms with van der Waals surface area (Å²) in [5, 5.41) is 2.03. The molecule has 2 aromatic rings. The van der Waals surface area contributed by atoms with Crippen LogP contribution in [0.25, 0.3) is 0 Å². The number of nitrogens with zero attached hydrogens (tertiary/aromatic N) is 1. The summed E-state index contributed by atoms with van der Waals surface area (Å²) in [6.07, 6.45) is -2.46. The van der Waals surface area contributed by atoms with Gasteiger partial charge in [0.05, 0.1) is 0 Å². The lowest BCUT2D eigenvalue weighted by molar-refractivity contribution is 0.151. The van der Waals surface area contributed by atoms with E-state index in [0.717, 1.165) is 16.6 Å². The first-order valence-electron chi connectivity index (χ1n) is 6.52. The Morgan fingerprint density at radius 2 is 2.00 bits per heavy atom. The molecule has 1 atom stereocenters. The third-order valence-electron chi connectivity index (χ3n) is 3.33. The number of halogens is 3. The number of thiophene rings is 1. The largest absolute Gasteiger partial charge is 0.329 e. The van der Waals surface area contributed by atoms with Gasteiger partial charge in [-0.25, -0.2) is 8.78 Å². The van der Waals surface area contributed by atoms with E-state index < -0.39 is 6.43 Å². The zero-order chi connectivity index (χ0) is 15.4. The summed E-state index contributed by atoms with van der Waals surface area (Å²) in [5.41, 5.74) is 6.72. The number of nitrogens with two attached hydrogens (primary N) is 1. The molecule has 0 spiro atoms. The summed E-state index contributed by atoms with van der Waals surface area (Å²) >= 11 is 5.09. The second-order valence-electron chi connectivity index (χ2n) is 4.87. The van der Waals surface area contributed by atoms with Crippen molar-refractivity contribution in [2.24, 2.45) is 5.73 Å². The van der Waals surface area contributed by atoms with Gasteiger partial charge in [-0.05, 0) is 40.7 Å². The molecule has 1 heterocycles. The van der Waals surface area contributed by atoms with E-state index in [1.807, 2.05) is 18.5 Å². The van der Waals surface area contributed by atoms with E-state index in [2.05, 4.69) is 26.9 Å². The average Bonchev–Trinajstić information content (AvgIpc) is 2.85. The number of benzene rings is 1. The normalized spacial score (nSPS) is 13.1. The fraction of sp³-hybridized carbons (Fsp3) is 0.333. The fourth-order valence-corrected chi connectivity index (χ4v) is 3.78. The maximum absolute atomic E-state index is 12.8. The number of alkyl halides is 2.